The Bertz CT molecular complexity index is 628. The van der Waals surface area contributed by atoms with Gasteiger partial charge in [0.1, 0.15) is 6.04 Å². The number of carboxylic acids is 1. The summed E-state index contributed by atoms with van der Waals surface area (Å²) in [6.45, 7) is 0.319. The van der Waals surface area contributed by atoms with Crippen LogP contribution in [0.3, 0.4) is 0 Å². The van der Waals surface area contributed by atoms with E-state index in [9.17, 15) is 18.3 Å². The highest BCUT2D eigenvalue weighted by molar-refractivity contribution is 9.10. The summed E-state index contributed by atoms with van der Waals surface area (Å²) in [5.74, 6) is -0.847. The number of hydrogen-bond acceptors (Lipinski definition) is 3. The second-order valence-corrected chi connectivity index (χ2v) is 7.78. The summed E-state index contributed by atoms with van der Waals surface area (Å²) in [4.78, 5) is 11.4. The zero-order valence-corrected chi connectivity index (χ0v) is 12.3. The molecule has 0 aromatic heterocycles. The average Bonchev–Trinajstić information content (AvgIpc) is 2.99. The molecule has 1 aliphatic heterocycles. The highest BCUT2D eigenvalue weighted by Gasteiger charge is 2.59. The molecule has 102 valence electrons. The van der Waals surface area contributed by atoms with Gasteiger partial charge in [-0.05, 0) is 42.5 Å². The van der Waals surface area contributed by atoms with E-state index < -0.39 is 22.0 Å². The molecule has 1 aromatic rings. The van der Waals surface area contributed by atoms with E-state index in [1.807, 2.05) is 0 Å². The molecule has 1 aromatic carbocycles. The normalized spacial score (nSPS) is 30.1. The first-order valence-electron chi connectivity index (χ1n) is 5.91. The van der Waals surface area contributed by atoms with Gasteiger partial charge in [0, 0.05) is 11.0 Å². The summed E-state index contributed by atoms with van der Waals surface area (Å²) >= 11 is 3.24. The van der Waals surface area contributed by atoms with E-state index in [2.05, 4.69) is 15.9 Å². The maximum absolute atomic E-state index is 12.5. The zero-order chi connectivity index (χ0) is 13.8. The van der Waals surface area contributed by atoms with Crippen LogP contribution >= 0.6 is 15.9 Å². The van der Waals surface area contributed by atoms with Crippen LogP contribution in [-0.4, -0.2) is 36.4 Å². The summed E-state index contributed by atoms with van der Waals surface area (Å²) in [5, 5.41) is 9.22. The van der Waals surface area contributed by atoms with E-state index in [4.69, 9.17) is 0 Å². The molecule has 3 atom stereocenters. The molecule has 0 amide bonds. The van der Waals surface area contributed by atoms with Crippen LogP contribution in [0.25, 0.3) is 0 Å². The molecule has 1 saturated carbocycles. The highest BCUT2D eigenvalue weighted by atomic mass is 79.9. The molecule has 1 aliphatic carbocycles. The lowest BCUT2D eigenvalue weighted by Gasteiger charge is -2.23. The van der Waals surface area contributed by atoms with Crippen LogP contribution in [-0.2, 0) is 14.8 Å². The second-order valence-electron chi connectivity index (χ2n) is 4.97. The molecule has 0 radical (unpaired) electrons. The van der Waals surface area contributed by atoms with Crippen molar-refractivity contribution in [3.05, 3.63) is 28.7 Å². The SMILES string of the molecule is O=C(O)[C@@H]1[C@H]2C[C@H]2CN1S(=O)(=O)c1ccc(Br)cc1. The molecule has 19 heavy (non-hydrogen) atoms. The average molecular weight is 346 g/mol. The quantitative estimate of drug-likeness (QED) is 0.901. The minimum Gasteiger partial charge on any atom is -0.480 e. The molecular weight excluding hydrogens is 334 g/mol. The van der Waals surface area contributed by atoms with Gasteiger partial charge in [0.2, 0.25) is 10.0 Å². The van der Waals surface area contributed by atoms with Crippen molar-refractivity contribution in [3.63, 3.8) is 0 Å². The summed E-state index contributed by atoms with van der Waals surface area (Å²) in [5.41, 5.74) is 0. The van der Waals surface area contributed by atoms with Crippen molar-refractivity contribution in [1.82, 2.24) is 4.31 Å². The number of fused-ring (bicyclic) bond motifs is 1. The molecule has 3 rings (SSSR count). The summed E-state index contributed by atoms with van der Waals surface area (Å²) in [7, 11) is -3.72. The number of halogens is 1. The smallest absolute Gasteiger partial charge is 0.322 e. The number of carboxylic acid groups (broad SMARTS) is 1. The van der Waals surface area contributed by atoms with Crippen molar-refractivity contribution in [3.8, 4) is 0 Å². The van der Waals surface area contributed by atoms with Crippen LogP contribution in [0, 0.1) is 11.8 Å². The lowest BCUT2D eigenvalue weighted by Crippen LogP contribution is -2.43. The van der Waals surface area contributed by atoms with E-state index in [1.165, 1.54) is 12.1 Å². The van der Waals surface area contributed by atoms with Gasteiger partial charge in [-0.2, -0.15) is 4.31 Å². The number of carbonyl (C=O) groups is 1. The Morgan fingerprint density at radius 1 is 1.32 bits per heavy atom. The Hall–Kier alpha value is -0.920. The molecule has 1 saturated heterocycles. The van der Waals surface area contributed by atoms with Crippen molar-refractivity contribution >= 4 is 31.9 Å². The monoisotopic (exact) mass is 345 g/mol. The minimum atomic E-state index is -3.72. The first-order chi connectivity index (χ1) is 8.91. The van der Waals surface area contributed by atoms with Crippen LogP contribution in [0.15, 0.2) is 33.6 Å². The van der Waals surface area contributed by atoms with Crippen LogP contribution in [0.2, 0.25) is 0 Å². The van der Waals surface area contributed by atoms with Gasteiger partial charge in [0.05, 0.1) is 4.90 Å². The standard InChI is InChI=1S/C12H12BrNO4S/c13-8-1-3-9(4-2-8)19(17,18)14-6-7-5-10(7)11(14)12(15)16/h1-4,7,10-11H,5-6H2,(H,15,16)/t7-,10-,11-/m0/s1. The van der Waals surface area contributed by atoms with Gasteiger partial charge in [0.25, 0.3) is 0 Å². The van der Waals surface area contributed by atoms with Gasteiger partial charge >= 0.3 is 5.97 Å². The van der Waals surface area contributed by atoms with Gasteiger partial charge < -0.3 is 5.11 Å². The second kappa shape index (κ2) is 4.29. The van der Waals surface area contributed by atoms with E-state index >= 15 is 0 Å². The summed E-state index contributed by atoms with van der Waals surface area (Å²) in [6, 6.07) is 5.35. The molecule has 0 spiro atoms. The Labute approximate surface area is 119 Å². The zero-order valence-electron chi connectivity index (χ0n) is 9.86. The molecule has 0 unspecified atom stereocenters. The molecular formula is C12H12BrNO4S. The number of benzene rings is 1. The van der Waals surface area contributed by atoms with Crippen molar-refractivity contribution in [2.75, 3.05) is 6.54 Å². The molecule has 7 heteroatoms. The van der Waals surface area contributed by atoms with E-state index in [0.29, 0.717) is 6.54 Å². The fourth-order valence-corrected chi connectivity index (χ4v) is 4.67. The third-order valence-corrected chi connectivity index (χ3v) is 6.17. The number of rotatable bonds is 3. The van der Waals surface area contributed by atoms with Crippen molar-refractivity contribution in [1.29, 1.82) is 0 Å². The van der Waals surface area contributed by atoms with Gasteiger partial charge in [-0.3, -0.25) is 4.79 Å². The Kier molecular flexibility index (Phi) is 2.95. The number of hydrogen-bond donors (Lipinski definition) is 1. The van der Waals surface area contributed by atoms with Crippen molar-refractivity contribution in [2.45, 2.75) is 17.4 Å². The van der Waals surface area contributed by atoms with Gasteiger partial charge in [-0.1, -0.05) is 15.9 Å². The molecule has 0 bridgehead atoms. The van der Waals surface area contributed by atoms with Crippen LogP contribution in [0.4, 0.5) is 0 Å². The number of sulfonamides is 1. The van der Waals surface area contributed by atoms with Gasteiger partial charge in [-0.15, -0.1) is 0 Å². The molecule has 1 heterocycles. The summed E-state index contributed by atoms with van der Waals surface area (Å²) < 4.78 is 26.9. The van der Waals surface area contributed by atoms with Crippen LogP contribution in [0.1, 0.15) is 6.42 Å². The van der Waals surface area contributed by atoms with E-state index in [1.54, 1.807) is 12.1 Å². The lowest BCUT2D eigenvalue weighted by molar-refractivity contribution is -0.141. The lowest BCUT2D eigenvalue weighted by atomic mass is 10.2. The van der Waals surface area contributed by atoms with E-state index in [-0.39, 0.29) is 16.7 Å². The molecule has 5 nitrogen and oxygen atoms in total. The maximum atomic E-state index is 12.5. The Morgan fingerprint density at radius 2 is 1.95 bits per heavy atom. The Morgan fingerprint density at radius 3 is 2.53 bits per heavy atom. The van der Waals surface area contributed by atoms with Gasteiger partial charge in [-0.25, -0.2) is 8.42 Å². The first kappa shape index (κ1) is 13.1. The summed E-state index contributed by atoms with van der Waals surface area (Å²) in [6.07, 6.45) is 0.823. The largest absolute Gasteiger partial charge is 0.480 e. The Balaban J connectivity index is 1.96. The molecule has 2 fully saturated rings. The third-order valence-electron chi connectivity index (χ3n) is 3.78. The number of piperidine rings is 1. The number of nitrogens with zero attached hydrogens (tertiary/aromatic N) is 1. The van der Waals surface area contributed by atoms with Crippen molar-refractivity contribution < 1.29 is 18.3 Å². The predicted octanol–water partition coefficient (Wildman–Crippen LogP) is 1.54. The maximum Gasteiger partial charge on any atom is 0.322 e. The van der Waals surface area contributed by atoms with Crippen molar-refractivity contribution in [2.24, 2.45) is 11.8 Å². The number of aliphatic carboxylic acids is 1. The highest BCUT2D eigenvalue weighted by Crippen LogP contribution is 2.51. The topological polar surface area (TPSA) is 74.7 Å². The first-order valence-corrected chi connectivity index (χ1v) is 8.15. The molecule has 1 N–H and O–H groups in total. The fraction of sp³-hybridized carbons (Fsp3) is 0.417. The van der Waals surface area contributed by atoms with Crippen LogP contribution in [0.5, 0.6) is 0 Å². The van der Waals surface area contributed by atoms with Gasteiger partial charge in [0.15, 0.2) is 0 Å². The van der Waals surface area contributed by atoms with Crippen LogP contribution < -0.4 is 0 Å². The fourth-order valence-electron chi connectivity index (χ4n) is 2.72. The predicted molar refractivity (Wildman–Crippen MR) is 71.1 cm³/mol. The minimum absolute atomic E-state index is 0.0114. The van der Waals surface area contributed by atoms with E-state index in [0.717, 1.165) is 15.2 Å². The molecule has 2 aliphatic rings. The third kappa shape index (κ3) is 2.09.